The van der Waals surface area contributed by atoms with Crippen molar-refractivity contribution in [3.8, 4) is 17.0 Å². The van der Waals surface area contributed by atoms with Gasteiger partial charge in [0.2, 0.25) is 0 Å². The number of nitrogens with one attached hydrogen (secondary N) is 1. The second-order valence-electron chi connectivity index (χ2n) is 4.52. The van der Waals surface area contributed by atoms with Gasteiger partial charge in [-0.1, -0.05) is 29.3 Å². The Morgan fingerprint density at radius 3 is 2.50 bits per heavy atom. The average molecular weight is 351 g/mol. The molecule has 0 saturated carbocycles. The highest BCUT2D eigenvalue weighted by Gasteiger charge is 2.07. The number of nitrogens with zero attached hydrogens (tertiary/aromatic N) is 1. The highest BCUT2D eigenvalue weighted by molar-refractivity contribution is 7.14. The third-order valence-corrected chi connectivity index (χ3v) is 4.56. The Bertz CT molecular complexity index is 787. The van der Waals surface area contributed by atoms with E-state index in [1.165, 1.54) is 11.3 Å². The van der Waals surface area contributed by atoms with Crippen LogP contribution in [0.3, 0.4) is 0 Å². The minimum atomic E-state index is 0.525. The fourth-order valence-electron chi connectivity index (χ4n) is 1.92. The van der Waals surface area contributed by atoms with Gasteiger partial charge in [-0.25, -0.2) is 4.98 Å². The Morgan fingerprint density at radius 1 is 1.05 bits per heavy atom. The lowest BCUT2D eigenvalue weighted by molar-refractivity contribution is 0.415. The number of methoxy groups -OCH3 is 1. The lowest BCUT2D eigenvalue weighted by atomic mass is 10.2. The van der Waals surface area contributed by atoms with Gasteiger partial charge in [0.1, 0.15) is 5.75 Å². The highest BCUT2D eigenvalue weighted by Crippen LogP contribution is 2.31. The zero-order chi connectivity index (χ0) is 15.5. The molecule has 2 aromatic carbocycles. The van der Waals surface area contributed by atoms with Crippen LogP contribution < -0.4 is 10.1 Å². The Balaban J connectivity index is 1.79. The molecule has 0 radical (unpaired) electrons. The molecule has 1 aromatic heterocycles. The third kappa shape index (κ3) is 3.35. The summed E-state index contributed by atoms with van der Waals surface area (Å²) in [5.41, 5.74) is 2.75. The number of hydrogen-bond acceptors (Lipinski definition) is 4. The second kappa shape index (κ2) is 6.57. The van der Waals surface area contributed by atoms with Crippen molar-refractivity contribution >= 4 is 45.4 Å². The minimum Gasteiger partial charge on any atom is -0.497 e. The Kier molecular flexibility index (Phi) is 4.52. The van der Waals surface area contributed by atoms with Crippen LogP contribution in [0.2, 0.25) is 10.0 Å². The lowest BCUT2D eigenvalue weighted by Gasteiger charge is -2.04. The maximum absolute atomic E-state index is 6.05. The van der Waals surface area contributed by atoms with Crippen LogP contribution in [0, 0.1) is 0 Å². The molecule has 0 aliphatic heterocycles. The van der Waals surface area contributed by atoms with E-state index < -0.39 is 0 Å². The fraction of sp³-hybridized carbons (Fsp3) is 0.0625. The van der Waals surface area contributed by atoms with Gasteiger partial charge in [0, 0.05) is 16.6 Å². The lowest BCUT2D eigenvalue weighted by Crippen LogP contribution is -1.90. The zero-order valence-electron chi connectivity index (χ0n) is 11.6. The normalized spacial score (nSPS) is 10.5. The standard InChI is InChI=1S/C16H12Cl2N2OS/c1-21-12-5-3-11(4-6-12)19-16-20-15(9-22-16)10-2-7-13(17)14(18)8-10/h2-9H,1H3,(H,19,20). The van der Waals surface area contributed by atoms with Gasteiger partial charge in [-0.05, 0) is 36.4 Å². The molecule has 3 rings (SSSR count). The van der Waals surface area contributed by atoms with Crippen molar-refractivity contribution in [1.82, 2.24) is 4.98 Å². The predicted molar refractivity (Wildman–Crippen MR) is 93.8 cm³/mol. The molecule has 3 aromatic rings. The summed E-state index contributed by atoms with van der Waals surface area (Å²) in [6.07, 6.45) is 0. The molecule has 0 spiro atoms. The first-order valence-corrected chi connectivity index (χ1v) is 8.11. The first-order chi connectivity index (χ1) is 10.7. The quantitative estimate of drug-likeness (QED) is 0.638. The first kappa shape index (κ1) is 15.2. The maximum Gasteiger partial charge on any atom is 0.187 e. The van der Waals surface area contributed by atoms with Crippen molar-refractivity contribution in [3.63, 3.8) is 0 Å². The van der Waals surface area contributed by atoms with E-state index in [9.17, 15) is 0 Å². The first-order valence-electron chi connectivity index (χ1n) is 6.48. The SMILES string of the molecule is COc1ccc(Nc2nc(-c3ccc(Cl)c(Cl)c3)cs2)cc1. The number of ether oxygens (including phenoxy) is 1. The topological polar surface area (TPSA) is 34.1 Å². The zero-order valence-corrected chi connectivity index (χ0v) is 14.0. The van der Waals surface area contributed by atoms with E-state index in [4.69, 9.17) is 27.9 Å². The van der Waals surface area contributed by atoms with E-state index in [2.05, 4.69) is 10.3 Å². The Hall–Kier alpha value is -1.75. The van der Waals surface area contributed by atoms with Crippen LogP contribution >= 0.6 is 34.5 Å². The average Bonchev–Trinajstić information content (AvgIpc) is 2.99. The minimum absolute atomic E-state index is 0.525. The van der Waals surface area contributed by atoms with Gasteiger partial charge in [-0.3, -0.25) is 0 Å². The fourth-order valence-corrected chi connectivity index (χ4v) is 2.95. The van der Waals surface area contributed by atoms with Gasteiger partial charge in [0.15, 0.2) is 5.13 Å². The maximum atomic E-state index is 6.05. The summed E-state index contributed by atoms with van der Waals surface area (Å²) in [6, 6.07) is 13.2. The Morgan fingerprint density at radius 2 is 1.82 bits per heavy atom. The van der Waals surface area contributed by atoms with E-state index in [0.717, 1.165) is 27.8 Å². The van der Waals surface area contributed by atoms with Gasteiger partial charge < -0.3 is 10.1 Å². The van der Waals surface area contributed by atoms with Gasteiger partial charge in [0.05, 0.1) is 22.8 Å². The summed E-state index contributed by atoms with van der Waals surface area (Å²) in [6.45, 7) is 0. The van der Waals surface area contributed by atoms with Crippen LogP contribution in [0.15, 0.2) is 47.8 Å². The molecule has 112 valence electrons. The molecule has 1 heterocycles. The van der Waals surface area contributed by atoms with Gasteiger partial charge in [-0.15, -0.1) is 11.3 Å². The molecule has 0 amide bonds. The molecule has 0 saturated heterocycles. The number of aromatic nitrogens is 1. The molecular formula is C16H12Cl2N2OS. The van der Waals surface area contributed by atoms with Crippen molar-refractivity contribution in [2.24, 2.45) is 0 Å². The van der Waals surface area contributed by atoms with E-state index in [1.807, 2.05) is 41.8 Å². The van der Waals surface area contributed by atoms with Crippen LogP contribution in [0.25, 0.3) is 11.3 Å². The van der Waals surface area contributed by atoms with Crippen molar-refractivity contribution in [1.29, 1.82) is 0 Å². The van der Waals surface area contributed by atoms with Crippen LogP contribution in [-0.4, -0.2) is 12.1 Å². The van der Waals surface area contributed by atoms with Crippen molar-refractivity contribution in [2.75, 3.05) is 12.4 Å². The predicted octanol–water partition coefficient (Wildman–Crippen LogP) is 5.87. The summed E-state index contributed by atoms with van der Waals surface area (Å²) in [5, 5.41) is 7.12. The molecule has 0 atom stereocenters. The second-order valence-corrected chi connectivity index (χ2v) is 6.19. The summed E-state index contributed by atoms with van der Waals surface area (Å²) in [5.74, 6) is 0.821. The summed E-state index contributed by atoms with van der Waals surface area (Å²) >= 11 is 13.5. The van der Waals surface area contributed by atoms with Crippen molar-refractivity contribution < 1.29 is 4.74 Å². The van der Waals surface area contributed by atoms with Crippen molar-refractivity contribution in [3.05, 3.63) is 57.9 Å². The molecule has 0 aliphatic carbocycles. The Labute approximate surface area is 142 Å². The van der Waals surface area contributed by atoms with E-state index >= 15 is 0 Å². The van der Waals surface area contributed by atoms with Crippen LogP contribution in [0.4, 0.5) is 10.8 Å². The van der Waals surface area contributed by atoms with Gasteiger partial charge >= 0.3 is 0 Å². The van der Waals surface area contributed by atoms with E-state index in [-0.39, 0.29) is 0 Å². The molecule has 0 bridgehead atoms. The molecular weight excluding hydrogens is 339 g/mol. The summed E-state index contributed by atoms with van der Waals surface area (Å²) in [7, 11) is 1.65. The third-order valence-electron chi connectivity index (χ3n) is 3.06. The largest absolute Gasteiger partial charge is 0.497 e. The highest BCUT2D eigenvalue weighted by atomic mass is 35.5. The number of thiazole rings is 1. The monoisotopic (exact) mass is 350 g/mol. The number of anilines is 2. The summed E-state index contributed by atoms with van der Waals surface area (Å²) in [4.78, 5) is 4.56. The molecule has 1 N–H and O–H groups in total. The number of hydrogen-bond donors (Lipinski definition) is 1. The molecule has 0 unspecified atom stereocenters. The van der Waals surface area contributed by atoms with Gasteiger partial charge in [0.25, 0.3) is 0 Å². The van der Waals surface area contributed by atoms with Crippen LogP contribution in [0.1, 0.15) is 0 Å². The van der Waals surface area contributed by atoms with Crippen LogP contribution in [0.5, 0.6) is 5.75 Å². The van der Waals surface area contributed by atoms with E-state index in [1.54, 1.807) is 13.2 Å². The van der Waals surface area contributed by atoms with Crippen molar-refractivity contribution in [2.45, 2.75) is 0 Å². The molecule has 22 heavy (non-hydrogen) atoms. The van der Waals surface area contributed by atoms with Gasteiger partial charge in [-0.2, -0.15) is 0 Å². The smallest absolute Gasteiger partial charge is 0.187 e. The molecule has 3 nitrogen and oxygen atoms in total. The number of benzene rings is 2. The van der Waals surface area contributed by atoms with Crippen LogP contribution in [-0.2, 0) is 0 Å². The number of rotatable bonds is 4. The number of halogens is 2. The van der Waals surface area contributed by atoms with E-state index in [0.29, 0.717) is 10.0 Å². The molecule has 6 heteroatoms. The molecule has 0 fully saturated rings. The summed E-state index contributed by atoms with van der Waals surface area (Å²) < 4.78 is 5.14. The molecule has 0 aliphatic rings.